The summed E-state index contributed by atoms with van der Waals surface area (Å²) in [6.07, 6.45) is -4.74. The average molecular weight is 372 g/mol. The van der Waals surface area contributed by atoms with Gasteiger partial charge in [-0.15, -0.1) is 0 Å². The fourth-order valence-corrected chi connectivity index (χ4v) is 2.58. The molecule has 21 heavy (non-hydrogen) atoms. The summed E-state index contributed by atoms with van der Waals surface area (Å²) in [6, 6.07) is 2.30. The van der Waals surface area contributed by atoms with Gasteiger partial charge in [-0.1, -0.05) is 0 Å². The van der Waals surface area contributed by atoms with E-state index in [-0.39, 0.29) is 30.4 Å². The Labute approximate surface area is 126 Å². The zero-order valence-electron chi connectivity index (χ0n) is 10.7. The molecule has 1 amide bonds. The summed E-state index contributed by atoms with van der Waals surface area (Å²) in [5, 5.41) is 0. The Balaban J connectivity index is 2.11. The second-order valence-corrected chi connectivity index (χ2v) is 5.69. The molecule has 0 radical (unpaired) electrons. The second-order valence-electron chi connectivity index (χ2n) is 4.83. The smallest absolute Gasteiger partial charge is 0.339 e. The van der Waals surface area contributed by atoms with E-state index in [0.717, 1.165) is 11.0 Å². The van der Waals surface area contributed by atoms with Gasteiger partial charge in [0.25, 0.3) is 5.91 Å². The SMILES string of the molecule is O=C(c1ccc(Br)c(F)c1F)N1CCC(C(F)(F)F)CC1. The molecule has 2 rings (SSSR count). The van der Waals surface area contributed by atoms with Crippen LogP contribution in [0.5, 0.6) is 0 Å². The summed E-state index contributed by atoms with van der Waals surface area (Å²) >= 11 is 2.79. The van der Waals surface area contributed by atoms with Crippen molar-refractivity contribution in [2.45, 2.75) is 19.0 Å². The van der Waals surface area contributed by atoms with Crippen LogP contribution < -0.4 is 0 Å². The molecule has 2 nitrogen and oxygen atoms in total. The van der Waals surface area contributed by atoms with Crippen LogP contribution in [0.1, 0.15) is 23.2 Å². The van der Waals surface area contributed by atoms with Gasteiger partial charge in [0.15, 0.2) is 11.6 Å². The maximum atomic E-state index is 13.7. The van der Waals surface area contributed by atoms with Crippen molar-refractivity contribution in [2.24, 2.45) is 5.92 Å². The van der Waals surface area contributed by atoms with Crippen molar-refractivity contribution >= 4 is 21.8 Å². The highest BCUT2D eigenvalue weighted by molar-refractivity contribution is 9.10. The molecule has 8 heteroatoms. The van der Waals surface area contributed by atoms with E-state index in [1.807, 2.05) is 0 Å². The summed E-state index contributed by atoms with van der Waals surface area (Å²) in [5.74, 6) is -4.73. The molecule has 1 aromatic rings. The van der Waals surface area contributed by atoms with Crippen molar-refractivity contribution in [3.05, 3.63) is 33.8 Å². The number of halogens is 6. The van der Waals surface area contributed by atoms with E-state index in [1.54, 1.807) is 0 Å². The largest absolute Gasteiger partial charge is 0.391 e. The van der Waals surface area contributed by atoms with Gasteiger partial charge < -0.3 is 4.90 Å². The van der Waals surface area contributed by atoms with E-state index >= 15 is 0 Å². The molecule has 0 unspecified atom stereocenters. The Morgan fingerprint density at radius 2 is 1.71 bits per heavy atom. The fourth-order valence-electron chi connectivity index (χ4n) is 2.27. The van der Waals surface area contributed by atoms with Crippen LogP contribution in [-0.4, -0.2) is 30.1 Å². The van der Waals surface area contributed by atoms with E-state index in [4.69, 9.17) is 0 Å². The molecule has 1 aromatic carbocycles. The van der Waals surface area contributed by atoms with E-state index < -0.39 is 35.2 Å². The lowest BCUT2D eigenvalue weighted by Crippen LogP contribution is -2.42. The first-order valence-electron chi connectivity index (χ1n) is 6.21. The van der Waals surface area contributed by atoms with Gasteiger partial charge in [-0.2, -0.15) is 13.2 Å². The number of alkyl halides is 3. The Morgan fingerprint density at radius 1 is 1.14 bits per heavy atom. The standard InChI is InChI=1S/C13H11BrF5NO/c14-9-2-1-8(10(15)11(9)16)12(21)20-5-3-7(4-6-20)13(17,18)19/h1-2,7H,3-6H2. The van der Waals surface area contributed by atoms with E-state index in [2.05, 4.69) is 15.9 Å². The van der Waals surface area contributed by atoms with Crippen LogP contribution in [0.3, 0.4) is 0 Å². The lowest BCUT2D eigenvalue weighted by molar-refractivity contribution is -0.183. The number of benzene rings is 1. The number of rotatable bonds is 1. The lowest BCUT2D eigenvalue weighted by Gasteiger charge is -2.33. The van der Waals surface area contributed by atoms with Gasteiger partial charge in [-0.05, 0) is 40.9 Å². The monoisotopic (exact) mass is 371 g/mol. The highest BCUT2D eigenvalue weighted by atomic mass is 79.9. The van der Waals surface area contributed by atoms with Gasteiger partial charge >= 0.3 is 6.18 Å². The van der Waals surface area contributed by atoms with Crippen LogP contribution in [0.15, 0.2) is 16.6 Å². The number of piperidine rings is 1. The van der Waals surface area contributed by atoms with Gasteiger partial charge in [0.1, 0.15) is 0 Å². The first kappa shape index (κ1) is 16.2. The Bertz CT molecular complexity index is 552. The van der Waals surface area contributed by atoms with E-state index in [9.17, 15) is 26.7 Å². The average Bonchev–Trinajstić information content (AvgIpc) is 2.43. The first-order valence-corrected chi connectivity index (χ1v) is 7.00. The number of likely N-dealkylation sites (tertiary alicyclic amines) is 1. The summed E-state index contributed by atoms with van der Waals surface area (Å²) in [6.45, 7) is -0.250. The molecular formula is C13H11BrF5NO. The summed E-state index contributed by atoms with van der Waals surface area (Å²) < 4.78 is 64.6. The van der Waals surface area contributed by atoms with E-state index in [0.29, 0.717) is 0 Å². The highest BCUT2D eigenvalue weighted by Gasteiger charge is 2.42. The van der Waals surface area contributed by atoms with Gasteiger partial charge in [-0.25, -0.2) is 8.78 Å². The summed E-state index contributed by atoms with van der Waals surface area (Å²) in [4.78, 5) is 13.2. The minimum Gasteiger partial charge on any atom is -0.339 e. The first-order chi connectivity index (χ1) is 9.71. The molecule has 1 aliphatic rings. The van der Waals surface area contributed by atoms with Gasteiger partial charge in [-0.3, -0.25) is 4.79 Å². The topological polar surface area (TPSA) is 20.3 Å². The zero-order valence-corrected chi connectivity index (χ0v) is 12.3. The minimum atomic E-state index is -4.29. The third-order valence-electron chi connectivity index (χ3n) is 3.51. The normalized spacial score (nSPS) is 17.1. The Kier molecular flexibility index (Phi) is 4.55. The maximum Gasteiger partial charge on any atom is 0.391 e. The number of carbonyl (C=O) groups is 1. The van der Waals surface area contributed by atoms with E-state index in [1.165, 1.54) is 6.07 Å². The third kappa shape index (κ3) is 3.36. The molecule has 0 atom stereocenters. The number of carbonyl (C=O) groups excluding carboxylic acids is 1. The summed E-state index contributed by atoms with van der Waals surface area (Å²) in [7, 11) is 0. The molecule has 0 bridgehead atoms. The predicted octanol–water partition coefficient (Wildman–Crippen LogP) is 4.14. The van der Waals surface area contributed by atoms with Crippen LogP contribution >= 0.6 is 15.9 Å². The highest BCUT2D eigenvalue weighted by Crippen LogP contribution is 2.34. The fraction of sp³-hybridized carbons (Fsp3) is 0.462. The van der Waals surface area contributed by atoms with Crippen LogP contribution in [0.4, 0.5) is 22.0 Å². The Morgan fingerprint density at radius 3 is 2.24 bits per heavy atom. The maximum absolute atomic E-state index is 13.7. The lowest BCUT2D eigenvalue weighted by atomic mass is 9.96. The second kappa shape index (κ2) is 5.90. The molecule has 0 N–H and O–H groups in total. The quantitative estimate of drug-likeness (QED) is 0.536. The third-order valence-corrected chi connectivity index (χ3v) is 4.12. The predicted molar refractivity (Wildman–Crippen MR) is 68.7 cm³/mol. The zero-order chi connectivity index (χ0) is 15.8. The van der Waals surface area contributed by atoms with Crippen molar-refractivity contribution in [1.29, 1.82) is 0 Å². The number of nitrogens with zero attached hydrogens (tertiary/aromatic N) is 1. The molecule has 0 saturated carbocycles. The molecule has 1 fully saturated rings. The van der Waals surface area contributed by atoms with Crippen molar-refractivity contribution in [3.8, 4) is 0 Å². The minimum absolute atomic E-state index is 0.118. The van der Waals surface area contributed by atoms with Crippen LogP contribution in [0.2, 0.25) is 0 Å². The molecule has 0 aromatic heterocycles. The molecule has 0 spiro atoms. The Hall–Kier alpha value is -1.18. The van der Waals surface area contributed by atoms with Crippen molar-refractivity contribution < 1.29 is 26.7 Å². The van der Waals surface area contributed by atoms with Gasteiger partial charge in [0.05, 0.1) is 16.0 Å². The number of hydrogen-bond acceptors (Lipinski definition) is 1. The van der Waals surface area contributed by atoms with Gasteiger partial charge in [0, 0.05) is 13.1 Å². The number of amides is 1. The van der Waals surface area contributed by atoms with Crippen LogP contribution in [-0.2, 0) is 0 Å². The molecule has 116 valence electrons. The van der Waals surface area contributed by atoms with Crippen LogP contribution in [0.25, 0.3) is 0 Å². The summed E-state index contributed by atoms with van der Waals surface area (Å²) in [5.41, 5.74) is -0.471. The molecule has 1 heterocycles. The number of hydrogen-bond donors (Lipinski definition) is 0. The van der Waals surface area contributed by atoms with Crippen molar-refractivity contribution in [3.63, 3.8) is 0 Å². The van der Waals surface area contributed by atoms with Crippen LogP contribution in [0, 0.1) is 17.6 Å². The molecule has 1 aliphatic heterocycles. The molecule has 0 aliphatic carbocycles. The van der Waals surface area contributed by atoms with Crippen molar-refractivity contribution in [2.75, 3.05) is 13.1 Å². The molecular weight excluding hydrogens is 361 g/mol. The van der Waals surface area contributed by atoms with Crippen molar-refractivity contribution in [1.82, 2.24) is 4.90 Å². The van der Waals surface area contributed by atoms with Gasteiger partial charge in [0.2, 0.25) is 0 Å². The molecule has 1 saturated heterocycles.